The molecule has 20 heavy (non-hydrogen) atoms. The predicted octanol–water partition coefficient (Wildman–Crippen LogP) is 0.726. The number of aromatic nitrogens is 1. The summed E-state index contributed by atoms with van der Waals surface area (Å²) in [5.74, 6) is -0.904. The Morgan fingerprint density at radius 1 is 1.45 bits per heavy atom. The van der Waals surface area contributed by atoms with Crippen molar-refractivity contribution in [2.24, 2.45) is 0 Å². The molecule has 0 fully saturated rings. The first kappa shape index (κ1) is 14.6. The van der Waals surface area contributed by atoms with Gasteiger partial charge in [0.1, 0.15) is 5.75 Å². The highest BCUT2D eigenvalue weighted by atomic mass is 32.2. The molecule has 0 aliphatic carbocycles. The van der Waals surface area contributed by atoms with Crippen LogP contribution in [-0.2, 0) is 9.59 Å². The van der Waals surface area contributed by atoms with Crippen molar-refractivity contribution in [3.63, 3.8) is 0 Å². The van der Waals surface area contributed by atoms with E-state index < -0.39 is 5.97 Å². The number of hydrogen-bond acceptors (Lipinski definition) is 7. The number of fused-ring (bicyclic) bond motifs is 1. The molecule has 0 saturated heterocycles. The number of nitrogens with one attached hydrogen (secondary N) is 1. The number of thioether (sulfide) groups is 1. The first-order valence-corrected chi connectivity index (χ1v) is 7.57. The van der Waals surface area contributed by atoms with Crippen LogP contribution >= 0.6 is 23.1 Å². The Morgan fingerprint density at radius 2 is 2.25 bits per heavy atom. The summed E-state index contributed by atoms with van der Waals surface area (Å²) >= 11 is 2.32. The van der Waals surface area contributed by atoms with Crippen molar-refractivity contribution in [2.45, 2.75) is 0 Å². The van der Waals surface area contributed by atoms with Crippen molar-refractivity contribution in [3.8, 4) is 5.75 Å². The number of nitrogens with zero attached hydrogens (tertiary/aromatic N) is 1. The number of thiazole rings is 1. The Morgan fingerprint density at radius 3 is 2.95 bits per heavy atom. The van der Waals surface area contributed by atoms with Crippen LogP contribution in [0.15, 0.2) is 18.2 Å². The first-order valence-electron chi connectivity index (χ1n) is 5.60. The highest BCUT2D eigenvalue weighted by molar-refractivity contribution is 8.00. The summed E-state index contributed by atoms with van der Waals surface area (Å²) in [5.41, 5.74) is 0.772. The van der Waals surface area contributed by atoms with Gasteiger partial charge in [0.05, 0.1) is 29.0 Å². The molecule has 1 heterocycles. The summed E-state index contributed by atoms with van der Waals surface area (Å²) in [5, 5.41) is 13.3. The van der Waals surface area contributed by atoms with Crippen molar-refractivity contribution >= 4 is 50.3 Å². The summed E-state index contributed by atoms with van der Waals surface area (Å²) in [6, 6.07) is 5.45. The molecule has 1 N–H and O–H groups in total. The lowest BCUT2D eigenvalue weighted by atomic mass is 10.3. The molecule has 0 bridgehead atoms. The van der Waals surface area contributed by atoms with Crippen molar-refractivity contribution in [3.05, 3.63) is 18.2 Å². The number of hydrogen-bond donors (Lipinski definition) is 1. The zero-order chi connectivity index (χ0) is 14.5. The molecule has 8 heteroatoms. The molecule has 1 amide bonds. The summed E-state index contributed by atoms with van der Waals surface area (Å²) in [6.07, 6.45) is 0. The molecule has 1 aromatic heterocycles. The van der Waals surface area contributed by atoms with Gasteiger partial charge in [-0.25, -0.2) is 4.98 Å². The zero-order valence-electron chi connectivity index (χ0n) is 10.5. The van der Waals surface area contributed by atoms with Gasteiger partial charge in [-0.1, -0.05) is 11.3 Å². The number of carbonyl (C=O) groups is 2. The fourth-order valence-electron chi connectivity index (χ4n) is 1.47. The van der Waals surface area contributed by atoms with Gasteiger partial charge >= 0.3 is 0 Å². The summed E-state index contributed by atoms with van der Waals surface area (Å²) in [7, 11) is 1.58. The van der Waals surface area contributed by atoms with Crippen LogP contribution in [0.5, 0.6) is 5.75 Å². The third-order valence-corrected chi connectivity index (χ3v) is 4.13. The third-order valence-electron chi connectivity index (χ3n) is 2.30. The minimum Gasteiger partial charge on any atom is -0.549 e. The lowest BCUT2D eigenvalue weighted by Gasteiger charge is -2.02. The SMILES string of the molecule is COc1ccc2nc(NC(=O)CSCC(=O)[O-])sc2c1. The van der Waals surface area contributed by atoms with Crippen LogP contribution in [0.1, 0.15) is 0 Å². The molecular formula is C12H11N2O4S2-. The number of benzene rings is 1. The molecule has 0 aliphatic heterocycles. The zero-order valence-corrected chi connectivity index (χ0v) is 12.2. The van der Waals surface area contributed by atoms with E-state index >= 15 is 0 Å². The van der Waals surface area contributed by atoms with E-state index in [1.54, 1.807) is 13.2 Å². The Kier molecular flexibility index (Phi) is 4.80. The van der Waals surface area contributed by atoms with Crippen molar-refractivity contribution in [1.29, 1.82) is 0 Å². The molecular weight excluding hydrogens is 300 g/mol. The Balaban J connectivity index is 1.99. The van der Waals surface area contributed by atoms with Crippen LogP contribution in [-0.4, -0.2) is 35.5 Å². The number of carboxylic acid groups (broad SMARTS) is 1. The number of methoxy groups -OCH3 is 1. The molecule has 2 rings (SSSR count). The number of anilines is 1. The van der Waals surface area contributed by atoms with E-state index in [1.165, 1.54) is 11.3 Å². The van der Waals surface area contributed by atoms with Gasteiger partial charge < -0.3 is 20.0 Å². The summed E-state index contributed by atoms with van der Waals surface area (Å²) in [4.78, 5) is 26.1. The standard InChI is InChI=1S/C12H12N2O4S2/c1-18-7-2-3-8-9(4-7)20-12(13-8)14-10(15)5-19-6-11(16)17/h2-4H,5-6H2,1H3,(H,16,17)(H,13,14,15)/p-1. The summed E-state index contributed by atoms with van der Waals surface area (Å²) in [6.45, 7) is 0. The fraction of sp³-hybridized carbons (Fsp3) is 0.250. The van der Waals surface area contributed by atoms with E-state index in [9.17, 15) is 14.7 Å². The van der Waals surface area contributed by atoms with Gasteiger partial charge in [-0.15, -0.1) is 11.8 Å². The maximum Gasteiger partial charge on any atom is 0.236 e. The molecule has 0 aliphatic rings. The number of amides is 1. The predicted molar refractivity (Wildman–Crippen MR) is 77.1 cm³/mol. The van der Waals surface area contributed by atoms with E-state index in [0.29, 0.717) is 5.13 Å². The Labute approximate surface area is 123 Å². The Hall–Kier alpha value is -1.80. The molecule has 0 spiro atoms. The van der Waals surface area contributed by atoms with Crippen LogP contribution in [0.2, 0.25) is 0 Å². The highest BCUT2D eigenvalue weighted by Gasteiger charge is 2.08. The second-order valence-electron chi connectivity index (χ2n) is 3.77. The fourth-order valence-corrected chi connectivity index (χ4v) is 2.90. The van der Waals surface area contributed by atoms with Crippen molar-refractivity contribution in [1.82, 2.24) is 4.98 Å². The van der Waals surface area contributed by atoms with Gasteiger partial charge in [-0.2, -0.15) is 0 Å². The molecule has 2 aromatic rings. The molecule has 106 valence electrons. The lowest BCUT2D eigenvalue weighted by molar-refractivity contribution is -0.301. The van der Waals surface area contributed by atoms with Gasteiger partial charge in [0.25, 0.3) is 0 Å². The van der Waals surface area contributed by atoms with Gasteiger partial charge in [0.15, 0.2) is 5.13 Å². The monoisotopic (exact) mass is 311 g/mol. The smallest absolute Gasteiger partial charge is 0.236 e. The van der Waals surface area contributed by atoms with Crippen LogP contribution < -0.4 is 15.2 Å². The van der Waals surface area contributed by atoms with Gasteiger partial charge in [0.2, 0.25) is 5.91 Å². The number of ether oxygens (including phenoxy) is 1. The van der Waals surface area contributed by atoms with E-state index in [2.05, 4.69) is 10.3 Å². The maximum atomic E-state index is 11.6. The average Bonchev–Trinajstić information content (AvgIpc) is 2.78. The van der Waals surface area contributed by atoms with Crippen LogP contribution in [0, 0.1) is 0 Å². The van der Waals surface area contributed by atoms with E-state index in [-0.39, 0.29) is 17.4 Å². The van der Waals surface area contributed by atoms with Crippen LogP contribution in [0.25, 0.3) is 10.2 Å². The minimum absolute atomic E-state index is 0.0488. The number of rotatable bonds is 6. The quantitative estimate of drug-likeness (QED) is 0.845. The topological polar surface area (TPSA) is 91.3 Å². The number of carbonyl (C=O) groups excluding carboxylic acids is 2. The molecule has 0 atom stereocenters. The minimum atomic E-state index is -1.19. The van der Waals surface area contributed by atoms with Crippen molar-refractivity contribution < 1.29 is 19.4 Å². The number of aliphatic carboxylic acids is 1. The lowest BCUT2D eigenvalue weighted by Crippen LogP contribution is -2.25. The second kappa shape index (κ2) is 6.58. The second-order valence-corrected chi connectivity index (χ2v) is 5.78. The van der Waals surface area contributed by atoms with E-state index in [0.717, 1.165) is 27.7 Å². The molecule has 0 radical (unpaired) electrons. The third kappa shape index (κ3) is 3.84. The first-order chi connectivity index (χ1) is 9.58. The molecule has 6 nitrogen and oxygen atoms in total. The van der Waals surface area contributed by atoms with E-state index in [4.69, 9.17) is 4.74 Å². The van der Waals surface area contributed by atoms with Gasteiger partial charge in [-0.3, -0.25) is 4.79 Å². The normalized spacial score (nSPS) is 10.4. The highest BCUT2D eigenvalue weighted by Crippen LogP contribution is 2.29. The van der Waals surface area contributed by atoms with Crippen molar-refractivity contribution in [2.75, 3.05) is 23.9 Å². The van der Waals surface area contributed by atoms with Gasteiger partial charge in [0, 0.05) is 5.75 Å². The Bertz CT molecular complexity index is 641. The molecule has 0 unspecified atom stereocenters. The average molecular weight is 311 g/mol. The van der Waals surface area contributed by atoms with Crippen LogP contribution in [0.3, 0.4) is 0 Å². The maximum absolute atomic E-state index is 11.6. The summed E-state index contributed by atoms with van der Waals surface area (Å²) < 4.78 is 6.02. The van der Waals surface area contributed by atoms with E-state index in [1.807, 2.05) is 12.1 Å². The molecule has 0 saturated carbocycles. The van der Waals surface area contributed by atoms with Crippen LogP contribution in [0.4, 0.5) is 5.13 Å². The van der Waals surface area contributed by atoms with Gasteiger partial charge in [-0.05, 0) is 18.2 Å². The number of carboxylic acids is 1. The largest absolute Gasteiger partial charge is 0.549 e. The molecule has 1 aromatic carbocycles.